The van der Waals surface area contributed by atoms with Crippen molar-refractivity contribution in [2.24, 2.45) is 0 Å². The molecule has 0 saturated carbocycles. The van der Waals surface area contributed by atoms with E-state index in [-0.39, 0.29) is 6.04 Å². The second kappa shape index (κ2) is 5.77. The second-order valence-corrected chi connectivity index (χ2v) is 5.25. The molecule has 21 heavy (non-hydrogen) atoms. The molecule has 0 fully saturated rings. The average Bonchev–Trinajstić information content (AvgIpc) is 2.83. The number of aryl methyl sites for hydroxylation is 2. The summed E-state index contributed by atoms with van der Waals surface area (Å²) in [4.78, 5) is 4.37. The summed E-state index contributed by atoms with van der Waals surface area (Å²) in [6.45, 7) is 7.80. The summed E-state index contributed by atoms with van der Waals surface area (Å²) in [5, 5.41) is 3.41. The molecule has 0 amide bonds. The Morgan fingerprint density at radius 3 is 2.67 bits per heavy atom. The van der Waals surface area contributed by atoms with E-state index in [1.807, 2.05) is 26.0 Å². The first-order valence-electron chi connectivity index (χ1n) is 7.19. The van der Waals surface area contributed by atoms with Gasteiger partial charge in [0.2, 0.25) is 5.89 Å². The summed E-state index contributed by atoms with van der Waals surface area (Å²) < 4.78 is 16.7. The van der Waals surface area contributed by atoms with Crippen LogP contribution in [-0.2, 0) is 6.54 Å². The molecule has 5 nitrogen and oxygen atoms in total. The van der Waals surface area contributed by atoms with Crippen LogP contribution in [0.3, 0.4) is 0 Å². The van der Waals surface area contributed by atoms with Gasteiger partial charge in [-0.2, -0.15) is 0 Å². The highest BCUT2D eigenvalue weighted by molar-refractivity contribution is 5.44. The molecule has 0 radical (unpaired) electrons. The van der Waals surface area contributed by atoms with Crippen molar-refractivity contribution in [3.63, 3.8) is 0 Å². The van der Waals surface area contributed by atoms with Crippen molar-refractivity contribution in [3.05, 3.63) is 41.1 Å². The summed E-state index contributed by atoms with van der Waals surface area (Å²) in [7, 11) is 0. The quantitative estimate of drug-likeness (QED) is 0.937. The largest absolute Gasteiger partial charge is 0.486 e. The predicted molar refractivity (Wildman–Crippen MR) is 78.7 cm³/mol. The highest BCUT2D eigenvalue weighted by atomic mass is 16.6. The zero-order valence-corrected chi connectivity index (χ0v) is 12.6. The van der Waals surface area contributed by atoms with Crippen LogP contribution in [0.25, 0.3) is 0 Å². The lowest BCUT2D eigenvalue weighted by Crippen LogP contribution is -2.19. The van der Waals surface area contributed by atoms with E-state index in [0.29, 0.717) is 19.8 Å². The molecule has 1 aliphatic heterocycles. The fraction of sp³-hybridized carbons (Fsp3) is 0.438. The number of aromatic nitrogens is 1. The van der Waals surface area contributed by atoms with Gasteiger partial charge in [-0.3, -0.25) is 0 Å². The summed E-state index contributed by atoms with van der Waals surface area (Å²) in [5.74, 6) is 3.22. The van der Waals surface area contributed by atoms with Crippen molar-refractivity contribution in [3.8, 4) is 11.5 Å². The lowest BCUT2D eigenvalue weighted by molar-refractivity contribution is 0.171. The molecule has 5 heteroatoms. The molecular formula is C16H20N2O3. The lowest BCUT2D eigenvalue weighted by atomic mass is 10.1. The van der Waals surface area contributed by atoms with Crippen LogP contribution in [0.15, 0.2) is 22.6 Å². The van der Waals surface area contributed by atoms with Crippen LogP contribution < -0.4 is 14.8 Å². The van der Waals surface area contributed by atoms with Gasteiger partial charge in [0.25, 0.3) is 0 Å². The third kappa shape index (κ3) is 3.03. The van der Waals surface area contributed by atoms with E-state index in [9.17, 15) is 0 Å². The number of fused-ring (bicyclic) bond motifs is 1. The molecule has 1 unspecified atom stereocenters. The van der Waals surface area contributed by atoms with E-state index < -0.39 is 0 Å². The van der Waals surface area contributed by atoms with E-state index in [2.05, 4.69) is 23.3 Å². The maximum Gasteiger partial charge on any atom is 0.208 e. The van der Waals surface area contributed by atoms with Crippen LogP contribution >= 0.6 is 0 Å². The van der Waals surface area contributed by atoms with Gasteiger partial charge in [0.15, 0.2) is 11.5 Å². The second-order valence-electron chi connectivity index (χ2n) is 5.25. The Hall–Kier alpha value is -2.01. The molecule has 112 valence electrons. The van der Waals surface area contributed by atoms with E-state index in [1.54, 1.807) is 0 Å². The van der Waals surface area contributed by atoms with Crippen molar-refractivity contribution in [1.29, 1.82) is 0 Å². The fourth-order valence-corrected chi connectivity index (χ4v) is 2.30. The monoisotopic (exact) mass is 288 g/mol. The smallest absolute Gasteiger partial charge is 0.208 e. The SMILES string of the molecule is Cc1nc(CNC(C)c2ccc3c(c2)OCCO3)oc1C. The molecule has 3 rings (SSSR count). The van der Waals surface area contributed by atoms with E-state index >= 15 is 0 Å². The first kappa shape index (κ1) is 13.9. The van der Waals surface area contributed by atoms with E-state index in [1.165, 1.54) is 0 Å². The number of nitrogens with zero attached hydrogens (tertiary/aromatic N) is 1. The predicted octanol–water partition coefficient (Wildman–Crippen LogP) is 2.91. The summed E-state index contributed by atoms with van der Waals surface area (Å²) in [6, 6.07) is 6.21. The molecule has 0 spiro atoms. The highest BCUT2D eigenvalue weighted by Gasteiger charge is 2.15. The molecule has 1 N–H and O–H groups in total. The molecule has 1 aliphatic rings. The van der Waals surface area contributed by atoms with Gasteiger partial charge in [-0.05, 0) is 38.5 Å². The zero-order chi connectivity index (χ0) is 14.8. The number of ether oxygens (including phenoxy) is 2. The topological polar surface area (TPSA) is 56.5 Å². The van der Waals surface area contributed by atoms with E-state index in [0.717, 1.165) is 34.4 Å². The Labute approximate surface area is 124 Å². The van der Waals surface area contributed by atoms with Gasteiger partial charge in [-0.15, -0.1) is 0 Å². The molecule has 0 saturated heterocycles. The first-order chi connectivity index (χ1) is 10.1. The van der Waals surface area contributed by atoms with Crippen molar-refractivity contribution in [2.45, 2.75) is 33.4 Å². The van der Waals surface area contributed by atoms with Gasteiger partial charge in [-0.25, -0.2) is 4.98 Å². The van der Waals surface area contributed by atoms with Crippen molar-refractivity contribution in [2.75, 3.05) is 13.2 Å². The number of hydrogen-bond acceptors (Lipinski definition) is 5. The standard InChI is InChI=1S/C16H20N2O3/c1-10-12(3)21-16(18-10)9-17-11(2)13-4-5-14-15(8-13)20-7-6-19-14/h4-5,8,11,17H,6-7,9H2,1-3H3. The minimum Gasteiger partial charge on any atom is -0.486 e. The van der Waals surface area contributed by atoms with Gasteiger partial charge in [0.05, 0.1) is 12.2 Å². The number of hydrogen-bond donors (Lipinski definition) is 1. The van der Waals surface area contributed by atoms with Gasteiger partial charge in [0, 0.05) is 6.04 Å². The first-order valence-corrected chi connectivity index (χ1v) is 7.19. The van der Waals surface area contributed by atoms with Crippen LogP contribution in [0.4, 0.5) is 0 Å². The maximum atomic E-state index is 5.61. The Kier molecular flexibility index (Phi) is 3.84. The lowest BCUT2D eigenvalue weighted by Gasteiger charge is -2.20. The molecule has 2 aromatic rings. The Bertz CT molecular complexity index is 617. The molecule has 1 aromatic carbocycles. The molecule has 0 bridgehead atoms. The van der Waals surface area contributed by atoms with E-state index in [4.69, 9.17) is 13.9 Å². The number of nitrogens with one attached hydrogen (secondary N) is 1. The number of benzene rings is 1. The van der Waals surface area contributed by atoms with Gasteiger partial charge in [0.1, 0.15) is 19.0 Å². The average molecular weight is 288 g/mol. The highest BCUT2D eigenvalue weighted by Crippen LogP contribution is 2.32. The normalized spacial score (nSPS) is 15.0. The minimum atomic E-state index is 0.174. The van der Waals surface area contributed by atoms with Gasteiger partial charge < -0.3 is 19.2 Å². The van der Waals surface area contributed by atoms with Gasteiger partial charge in [-0.1, -0.05) is 6.07 Å². The van der Waals surface area contributed by atoms with Crippen LogP contribution in [0, 0.1) is 13.8 Å². The molecule has 1 aromatic heterocycles. The summed E-state index contributed by atoms with van der Waals surface area (Å²) in [5.41, 5.74) is 2.10. The molecule has 2 heterocycles. The van der Waals surface area contributed by atoms with Crippen LogP contribution in [-0.4, -0.2) is 18.2 Å². The Morgan fingerprint density at radius 1 is 1.19 bits per heavy atom. The zero-order valence-electron chi connectivity index (χ0n) is 12.6. The minimum absolute atomic E-state index is 0.174. The maximum absolute atomic E-state index is 5.61. The summed E-state index contributed by atoms with van der Waals surface area (Å²) in [6.07, 6.45) is 0. The third-order valence-corrected chi connectivity index (χ3v) is 3.70. The van der Waals surface area contributed by atoms with Crippen LogP contribution in [0.1, 0.15) is 35.9 Å². The Morgan fingerprint density at radius 2 is 1.95 bits per heavy atom. The Balaban J connectivity index is 1.66. The van der Waals surface area contributed by atoms with Crippen LogP contribution in [0.5, 0.6) is 11.5 Å². The van der Waals surface area contributed by atoms with Crippen molar-refractivity contribution >= 4 is 0 Å². The van der Waals surface area contributed by atoms with Crippen molar-refractivity contribution in [1.82, 2.24) is 10.3 Å². The number of oxazole rings is 1. The van der Waals surface area contributed by atoms with Gasteiger partial charge >= 0.3 is 0 Å². The molecule has 1 atom stereocenters. The fourth-order valence-electron chi connectivity index (χ4n) is 2.30. The van der Waals surface area contributed by atoms with Crippen LogP contribution in [0.2, 0.25) is 0 Å². The van der Waals surface area contributed by atoms with Crippen molar-refractivity contribution < 1.29 is 13.9 Å². The summed E-state index contributed by atoms with van der Waals surface area (Å²) >= 11 is 0. The molecule has 0 aliphatic carbocycles. The third-order valence-electron chi connectivity index (χ3n) is 3.70. The molecular weight excluding hydrogens is 268 g/mol. The number of rotatable bonds is 4.